The molecule has 2 saturated heterocycles. The first kappa shape index (κ1) is 29.0. The van der Waals surface area contributed by atoms with Gasteiger partial charge in [0.15, 0.2) is 18.9 Å². The number of hydrogen-bond acceptors (Lipinski definition) is 9. The van der Waals surface area contributed by atoms with Gasteiger partial charge in [0.1, 0.15) is 29.9 Å². The van der Waals surface area contributed by atoms with E-state index in [0.717, 1.165) is 4.90 Å². The molecule has 42 heavy (non-hydrogen) atoms. The van der Waals surface area contributed by atoms with Crippen molar-refractivity contribution >= 4 is 47.2 Å². The molecule has 0 aliphatic carbocycles. The van der Waals surface area contributed by atoms with E-state index >= 15 is 4.39 Å². The number of nitrogens with zero attached hydrogens (tertiary/aromatic N) is 3. The Kier molecular flexibility index (Phi) is 8.13. The first-order valence-electron chi connectivity index (χ1n) is 12.9. The Bertz CT molecular complexity index is 1500. The fraction of sp³-hybridized carbons (Fsp3) is 0.333. The second kappa shape index (κ2) is 11.8. The smallest absolute Gasteiger partial charge is 0.414 e. The molecule has 1 aromatic heterocycles. The number of amides is 4. The normalized spacial score (nSPS) is 21.5. The van der Waals surface area contributed by atoms with Crippen molar-refractivity contribution < 1.29 is 47.9 Å². The van der Waals surface area contributed by atoms with Crippen LogP contribution < -0.4 is 25.2 Å². The standard InChI is InChI=1S/C27H26FN5O8S/c1-14(35)29-9-18-11-32(27(40)41-18)17-2-3-19(20(28)8-17)15-4-6-31(7-5-15)10-16-13-42-25-22(30-21(36)12-34)24(37)33(25)23(16)26(38)39/h2-8,18,22,25,34H,9-13H2,1H3,(H2-,29,30,35,36,38,39)/t18-,22+,25?/m0/s1. The topological polar surface area (TPSA) is 172 Å². The van der Waals surface area contributed by atoms with Crippen LogP contribution in [0.1, 0.15) is 6.92 Å². The number of nitrogens with one attached hydrogen (secondary N) is 2. The van der Waals surface area contributed by atoms with Crippen LogP contribution in [0.15, 0.2) is 54.0 Å². The van der Waals surface area contributed by atoms with Gasteiger partial charge in [0.05, 0.1) is 30.4 Å². The summed E-state index contributed by atoms with van der Waals surface area (Å²) in [5.74, 6) is -3.41. The number of benzene rings is 1. The second-order valence-corrected chi connectivity index (χ2v) is 10.9. The van der Waals surface area contributed by atoms with Gasteiger partial charge in [0, 0.05) is 35.9 Å². The van der Waals surface area contributed by atoms with Gasteiger partial charge in [0.25, 0.3) is 5.91 Å². The molecule has 13 nitrogen and oxygen atoms in total. The Labute approximate surface area is 242 Å². The Morgan fingerprint density at radius 3 is 2.60 bits per heavy atom. The van der Waals surface area contributed by atoms with E-state index < -0.39 is 53.8 Å². The number of pyridine rings is 1. The Balaban J connectivity index is 1.28. The van der Waals surface area contributed by atoms with Gasteiger partial charge in [-0.1, -0.05) is 0 Å². The average Bonchev–Trinajstić information content (AvgIpc) is 3.35. The molecule has 15 heteroatoms. The number of halogens is 1. The van der Waals surface area contributed by atoms with Crippen LogP contribution in [0.5, 0.6) is 0 Å². The van der Waals surface area contributed by atoms with E-state index in [-0.39, 0.29) is 42.6 Å². The zero-order valence-corrected chi connectivity index (χ0v) is 23.1. The zero-order valence-electron chi connectivity index (χ0n) is 22.2. The van der Waals surface area contributed by atoms with Gasteiger partial charge in [-0.05, 0) is 23.8 Å². The monoisotopic (exact) mass is 599 g/mol. The highest BCUT2D eigenvalue weighted by Crippen LogP contribution is 2.40. The van der Waals surface area contributed by atoms with E-state index in [0.29, 0.717) is 16.8 Å². The van der Waals surface area contributed by atoms with E-state index in [1.165, 1.54) is 35.7 Å². The molecule has 3 aliphatic heterocycles. The van der Waals surface area contributed by atoms with Gasteiger partial charge in [-0.3, -0.25) is 24.2 Å². The fourth-order valence-corrected chi connectivity index (χ4v) is 6.31. The van der Waals surface area contributed by atoms with E-state index in [1.807, 2.05) is 0 Å². The minimum Gasteiger partial charge on any atom is -0.543 e. The van der Waals surface area contributed by atoms with Gasteiger partial charge in [-0.25, -0.2) is 13.8 Å². The molecule has 3 N–H and O–H groups in total. The van der Waals surface area contributed by atoms with Crippen LogP contribution in [0.3, 0.4) is 0 Å². The number of rotatable bonds is 9. The highest BCUT2D eigenvalue weighted by molar-refractivity contribution is 8.00. The van der Waals surface area contributed by atoms with E-state index in [4.69, 9.17) is 9.84 Å². The summed E-state index contributed by atoms with van der Waals surface area (Å²) in [6.45, 7) is 1.01. The number of carbonyl (C=O) groups is 5. The van der Waals surface area contributed by atoms with Gasteiger partial charge in [0.2, 0.25) is 11.8 Å². The van der Waals surface area contributed by atoms with Crippen LogP contribution in [0.2, 0.25) is 0 Å². The summed E-state index contributed by atoms with van der Waals surface area (Å²) in [6, 6.07) is 6.73. The molecule has 1 aromatic carbocycles. The molecule has 4 heterocycles. The fourth-order valence-electron chi connectivity index (χ4n) is 4.98. The number of carbonyl (C=O) groups excluding carboxylic acids is 5. The molecule has 3 atom stereocenters. The molecule has 4 amide bonds. The van der Waals surface area contributed by atoms with Crippen molar-refractivity contribution in [1.29, 1.82) is 0 Å². The van der Waals surface area contributed by atoms with Crippen molar-refractivity contribution in [3.63, 3.8) is 0 Å². The first-order valence-corrected chi connectivity index (χ1v) is 13.9. The Hall–Kier alpha value is -4.50. The van der Waals surface area contributed by atoms with Crippen molar-refractivity contribution in [3.05, 3.63) is 59.8 Å². The Morgan fingerprint density at radius 2 is 1.95 bits per heavy atom. The van der Waals surface area contributed by atoms with Crippen molar-refractivity contribution in [2.45, 2.75) is 31.0 Å². The molecule has 2 fully saturated rings. The maximum atomic E-state index is 15.1. The van der Waals surface area contributed by atoms with Crippen molar-refractivity contribution in [3.8, 4) is 11.1 Å². The highest BCUT2D eigenvalue weighted by atomic mass is 32.2. The summed E-state index contributed by atoms with van der Waals surface area (Å²) in [4.78, 5) is 61.8. The highest BCUT2D eigenvalue weighted by Gasteiger charge is 2.53. The molecule has 1 unspecified atom stereocenters. The molecule has 0 radical (unpaired) electrons. The minimum absolute atomic E-state index is 0.124. The van der Waals surface area contributed by atoms with Crippen LogP contribution in [0, 0.1) is 5.82 Å². The summed E-state index contributed by atoms with van der Waals surface area (Å²) in [6.07, 6.45) is 2.10. The minimum atomic E-state index is -1.52. The number of aliphatic hydroxyl groups is 1. The molecule has 2 aromatic rings. The number of cyclic esters (lactones) is 1. The van der Waals surface area contributed by atoms with Gasteiger partial charge in [-0.2, -0.15) is 0 Å². The molecule has 0 bridgehead atoms. The number of aromatic nitrogens is 1. The van der Waals surface area contributed by atoms with E-state index in [2.05, 4.69) is 10.6 Å². The molecule has 0 saturated carbocycles. The van der Waals surface area contributed by atoms with Crippen LogP contribution >= 0.6 is 11.8 Å². The first-order chi connectivity index (χ1) is 20.1. The molecule has 3 aliphatic rings. The number of carboxylic acids is 1. The maximum absolute atomic E-state index is 15.1. The lowest BCUT2D eigenvalue weighted by Gasteiger charge is -2.50. The number of anilines is 1. The summed E-state index contributed by atoms with van der Waals surface area (Å²) < 4.78 is 22.0. The third kappa shape index (κ3) is 5.65. The number of ether oxygens (including phenoxy) is 1. The lowest BCUT2D eigenvalue weighted by molar-refractivity contribution is -0.689. The lowest BCUT2D eigenvalue weighted by atomic mass is 10.0. The summed E-state index contributed by atoms with van der Waals surface area (Å²) in [5.41, 5.74) is 1.30. The van der Waals surface area contributed by atoms with Crippen molar-refractivity contribution in [2.24, 2.45) is 0 Å². The van der Waals surface area contributed by atoms with Gasteiger partial charge >= 0.3 is 6.09 Å². The Morgan fingerprint density at radius 1 is 1.21 bits per heavy atom. The van der Waals surface area contributed by atoms with Crippen molar-refractivity contribution in [1.82, 2.24) is 15.5 Å². The number of β-lactam (4-membered cyclic amide) rings is 1. The molecular weight excluding hydrogens is 573 g/mol. The van der Waals surface area contributed by atoms with Crippen LogP contribution in [0.4, 0.5) is 14.9 Å². The molecule has 5 rings (SSSR count). The SMILES string of the molecule is CC(=O)NC[C@H]1CN(c2ccc(-c3cc[n+](CC4=C(C(=O)[O-])N5C(=O)[C@@H](NC(=O)CO)C5SC4)cc3)c(F)c2)C(=O)O1. The quantitative estimate of drug-likeness (QED) is 0.232. The number of thioether (sulfide) groups is 1. The largest absolute Gasteiger partial charge is 0.543 e. The predicted octanol–water partition coefficient (Wildman–Crippen LogP) is -1.36. The number of hydrogen-bond donors (Lipinski definition) is 3. The number of aliphatic carboxylic acids is 1. The maximum Gasteiger partial charge on any atom is 0.414 e. The summed E-state index contributed by atoms with van der Waals surface area (Å²) in [5, 5.41) is 25.3. The van der Waals surface area contributed by atoms with Gasteiger partial charge < -0.3 is 30.4 Å². The van der Waals surface area contributed by atoms with Gasteiger partial charge in [-0.15, -0.1) is 11.8 Å². The van der Waals surface area contributed by atoms with Crippen molar-refractivity contribution in [2.75, 3.05) is 30.3 Å². The van der Waals surface area contributed by atoms with E-state index in [9.17, 15) is 29.1 Å². The average molecular weight is 600 g/mol. The number of aliphatic hydroxyl groups excluding tert-OH is 1. The lowest BCUT2D eigenvalue weighted by Crippen LogP contribution is -2.71. The van der Waals surface area contributed by atoms with Crippen LogP contribution in [-0.4, -0.2) is 82.8 Å². The summed E-state index contributed by atoms with van der Waals surface area (Å²) in [7, 11) is 0. The number of carboxylic acid groups (broad SMARTS) is 1. The second-order valence-electron chi connectivity index (χ2n) is 9.83. The van der Waals surface area contributed by atoms with Crippen LogP contribution in [0.25, 0.3) is 11.1 Å². The zero-order chi connectivity index (χ0) is 30.1. The molecular formula is C27H26FN5O8S. The molecule has 0 spiro atoms. The number of fused-ring (bicyclic) bond motifs is 1. The third-order valence-corrected chi connectivity index (χ3v) is 8.33. The predicted molar refractivity (Wildman–Crippen MR) is 142 cm³/mol. The third-order valence-electron chi connectivity index (χ3n) is 6.99. The summed E-state index contributed by atoms with van der Waals surface area (Å²) >= 11 is 1.29. The van der Waals surface area contributed by atoms with Crippen LogP contribution in [-0.2, 0) is 30.5 Å². The molecule has 220 valence electrons. The van der Waals surface area contributed by atoms with E-state index in [1.54, 1.807) is 35.2 Å².